The molecule has 0 spiro atoms. The Morgan fingerprint density at radius 1 is 1.00 bits per heavy atom. The van der Waals surface area contributed by atoms with Gasteiger partial charge in [-0.25, -0.2) is 13.2 Å². The van der Waals surface area contributed by atoms with Gasteiger partial charge in [-0.2, -0.15) is 8.78 Å². The molecule has 3 atom stereocenters. The maximum absolute atomic E-state index is 14.2. The molecule has 0 aromatic carbocycles. The predicted octanol–water partition coefficient (Wildman–Crippen LogP) is 3.68. The van der Waals surface area contributed by atoms with Gasteiger partial charge in [-0.3, -0.25) is 4.21 Å². The Balaban J connectivity index is 6.16. The van der Waals surface area contributed by atoms with Gasteiger partial charge in [0.2, 0.25) is 5.67 Å². The van der Waals surface area contributed by atoms with Crippen molar-refractivity contribution >= 4 is 86.8 Å². The van der Waals surface area contributed by atoms with Crippen LogP contribution in [0.15, 0.2) is 0 Å². The Morgan fingerprint density at radius 3 is 1.58 bits per heavy atom. The van der Waals surface area contributed by atoms with Crippen LogP contribution in [0, 0.1) is 0 Å². The van der Waals surface area contributed by atoms with E-state index in [1.807, 2.05) is 0 Å². The van der Waals surface area contributed by atoms with Gasteiger partial charge in [0.25, 0.3) is 4.69 Å². The van der Waals surface area contributed by atoms with Gasteiger partial charge in [-0.05, 0) is 18.0 Å². The largest absolute Gasteiger partial charge is 0.769 e. The molecule has 19 heavy (non-hydrogen) atoms. The minimum absolute atomic E-state index is 0.0564. The first kappa shape index (κ1) is 20.6. The highest BCUT2D eigenvalue weighted by molar-refractivity contribution is 14.3. The molecule has 11 heteroatoms. The van der Waals surface area contributed by atoms with Crippen molar-refractivity contribution in [1.29, 1.82) is 0 Å². The van der Waals surface area contributed by atoms with Crippen LogP contribution in [-0.2, 0) is 11.1 Å². The molecule has 116 valence electrons. The zero-order valence-electron chi connectivity index (χ0n) is 9.37. The van der Waals surface area contributed by atoms with Crippen LogP contribution in [0.1, 0.15) is 6.92 Å². The van der Waals surface area contributed by atoms with Crippen molar-refractivity contribution in [2.75, 3.05) is 0 Å². The van der Waals surface area contributed by atoms with Crippen molar-refractivity contribution in [3.05, 3.63) is 0 Å². The second-order valence-electron chi connectivity index (χ2n) is 3.23. The van der Waals surface area contributed by atoms with Gasteiger partial charge >= 0.3 is 5.92 Å². The van der Waals surface area contributed by atoms with Crippen LogP contribution in [0.25, 0.3) is 0 Å². The van der Waals surface area contributed by atoms with Crippen molar-refractivity contribution in [2.24, 2.45) is 0 Å². The number of hydrogen-bond donors (Lipinski definition) is 0. The quantitative estimate of drug-likeness (QED) is 0.184. The first-order chi connectivity index (χ1) is 8.38. The van der Waals surface area contributed by atoms with E-state index in [0.717, 1.165) is 0 Å². The van der Waals surface area contributed by atoms with Gasteiger partial charge in [0.15, 0.2) is 0 Å². The third-order valence-electron chi connectivity index (χ3n) is 2.21. The van der Waals surface area contributed by atoms with Gasteiger partial charge in [0.05, 0.1) is 0 Å². The average molecular weight is 645 g/mol. The number of rotatable bonds is 7. The summed E-state index contributed by atoms with van der Waals surface area (Å²) in [5.41, 5.74) is -4.22. The number of hydrogen-bond acceptors (Lipinski definition) is 2. The smallest absolute Gasteiger partial charge is 0.336 e. The molecule has 0 radical (unpaired) electrons. The number of alkyl halides is 8. The lowest BCUT2D eigenvalue weighted by molar-refractivity contribution is -0.168. The van der Waals surface area contributed by atoms with E-state index in [4.69, 9.17) is 0 Å². The zero-order chi connectivity index (χ0) is 15.7. The van der Waals surface area contributed by atoms with Crippen molar-refractivity contribution < 1.29 is 30.7 Å². The van der Waals surface area contributed by atoms with Gasteiger partial charge in [0.1, 0.15) is 0 Å². The van der Waals surface area contributed by atoms with Crippen LogP contribution < -0.4 is 0 Å². The molecule has 0 N–H and O–H groups in total. The lowest BCUT2D eigenvalue weighted by Crippen LogP contribution is -2.62. The Hall–Kier alpha value is 1.56. The molecule has 0 saturated carbocycles. The Morgan fingerprint density at radius 2 is 1.37 bits per heavy atom. The molecule has 0 aromatic heterocycles. The van der Waals surface area contributed by atoms with E-state index in [9.17, 15) is 30.7 Å². The lowest BCUT2D eigenvalue weighted by atomic mass is 10.0. The summed E-state index contributed by atoms with van der Waals surface area (Å²) in [5.74, 6) is -4.82. The van der Waals surface area contributed by atoms with E-state index in [-0.39, 0.29) is 6.92 Å². The Kier molecular flexibility index (Phi) is 7.32. The standard InChI is InChI=1S/C8H10F5I3O2S/c1-5(9,8(13,16-4)19(17)18)6(10,11)7(12,14-2)15-3/h2-4H2,1H3,(H,17,18)/p-1. The minimum Gasteiger partial charge on any atom is -0.769 e. The molecule has 0 heterocycles. The molecule has 0 bridgehead atoms. The fraction of sp³-hybridized carbons (Fsp3) is 0.625. The third-order valence-corrected chi connectivity index (χ3v) is 14.0. The second-order valence-corrected chi connectivity index (χ2v) is 13.8. The predicted molar refractivity (Wildman–Crippen MR) is 94.5 cm³/mol. The van der Waals surface area contributed by atoms with E-state index >= 15 is 0 Å². The van der Waals surface area contributed by atoms with E-state index < -0.39 is 89.6 Å². The van der Waals surface area contributed by atoms with Crippen LogP contribution >= 0.6 is 62.2 Å². The second kappa shape index (κ2) is 6.76. The average Bonchev–Trinajstić information content (AvgIpc) is 2.35. The van der Waals surface area contributed by atoms with Gasteiger partial charge in [-0.15, -0.1) is 0 Å². The summed E-state index contributed by atoms with van der Waals surface area (Å²) in [7, 11) is 0. The van der Waals surface area contributed by atoms with E-state index in [1.165, 1.54) is 0 Å². The van der Waals surface area contributed by atoms with Crippen molar-refractivity contribution in [2.45, 2.75) is 23.2 Å². The van der Waals surface area contributed by atoms with Crippen LogP contribution in [0.3, 0.4) is 0 Å². The molecule has 0 fully saturated rings. The normalized spacial score (nSPS) is 21.4. The summed E-state index contributed by atoms with van der Waals surface area (Å²) in [6.45, 7) is 0.0564. The molecule has 0 aliphatic rings. The third kappa shape index (κ3) is 3.18. The molecule has 0 aromatic rings. The molecule has 2 nitrogen and oxygen atoms in total. The van der Waals surface area contributed by atoms with Crippen LogP contribution in [0.5, 0.6) is 0 Å². The fourth-order valence-corrected chi connectivity index (χ4v) is 6.87. The highest BCUT2D eigenvalue weighted by atomic mass is 127. The van der Waals surface area contributed by atoms with E-state index in [2.05, 4.69) is 13.5 Å². The van der Waals surface area contributed by atoms with E-state index in [1.54, 1.807) is 0 Å². The summed E-state index contributed by atoms with van der Waals surface area (Å²) < 4.78 is 93.7. The van der Waals surface area contributed by atoms with Gasteiger partial charge < -0.3 is 4.55 Å². The van der Waals surface area contributed by atoms with Gasteiger partial charge in [-0.1, -0.05) is 75.7 Å². The minimum atomic E-state index is -4.82. The van der Waals surface area contributed by atoms with Crippen molar-refractivity contribution in [3.63, 3.8) is 0 Å². The van der Waals surface area contributed by atoms with Crippen LogP contribution in [0.4, 0.5) is 22.0 Å². The number of halogens is 8. The molecular formula is C8H9F5I3O2S-. The Labute approximate surface area is 139 Å². The SMILES string of the molecule is C=IC(F)(I=C)C(F)(F)C(C)(F)C(F)(I=C)S(=O)[O-]. The molecular weight excluding hydrogens is 636 g/mol. The molecule has 0 aliphatic carbocycles. The molecule has 0 rings (SSSR count). The summed E-state index contributed by atoms with van der Waals surface area (Å²) in [6, 6.07) is 0. The van der Waals surface area contributed by atoms with E-state index in [0.29, 0.717) is 0 Å². The lowest BCUT2D eigenvalue weighted by Gasteiger charge is -2.43. The first-order valence-electron chi connectivity index (χ1n) is 4.10. The monoisotopic (exact) mass is 645 g/mol. The summed E-state index contributed by atoms with van der Waals surface area (Å²) in [4.78, 5) is 0. The molecule has 0 amide bonds. The maximum Gasteiger partial charge on any atom is 0.336 e. The summed E-state index contributed by atoms with van der Waals surface area (Å²) >= 11 is -10.3. The van der Waals surface area contributed by atoms with Crippen LogP contribution in [0.2, 0.25) is 0 Å². The summed E-state index contributed by atoms with van der Waals surface area (Å²) in [6.07, 6.45) is 0. The first-order valence-corrected chi connectivity index (χ1v) is 13.0. The highest BCUT2D eigenvalue weighted by Gasteiger charge is 2.73. The maximum atomic E-state index is 14.2. The highest BCUT2D eigenvalue weighted by Crippen LogP contribution is 2.60. The topological polar surface area (TPSA) is 40.1 Å². The molecule has 0 aliphatic heterocycles. The molecule has 0 saturated heterocycles. The van der Waals surface area contributed by atoms with Crippen LogP contribution in [-0.4, -0.2) is 38.6 Å². The molecule has 3 unspecified atom stereocenters. The van der Waals surface area contributed by atoms with Gasteiger partial charge in [0, 0.05) is 0 Å². The van der Waals surface area contributed by atoms with Crippen molar-refractivity contribution in [3.8, 4) is 0 Å². The Bertz CT molecular complexity index is 423. The summed E-state index contributed by atoms with van der Waals surface area (Å²) in [5, 5.41) is 0. The van der Waals surface area contributed by atoms with Crippen molar-refractivity contribution in [1.82, 2.24) is 0 Å². The fourth-order valence-electron chi connectivity index (χ4n) is 0.979. The zero-order valence-corrected chi connectivity index (χ0v) is 16.7.